The van der Waals surface area contributed by atoms with Gasteiger partial charge in [0.2, 0.25) is 5.91 Å². The molecule has 7 nitrogen and oxygen atoms in total. The summed E-state index contributed by atoms with van der Waals surface area (Å²) in [6.45, 7) is 5.81. The Morgan fingerprint density at radius 1 is 1.33 bits per heavy atom. The molecule has 21 heavy (non-hydrogen) atoms. The summed E-state index contributed by atoms with van der Waals surface area (Å²) >= 11 is 0. The van der Waals surface area contributed by atoms with Crippen molar-refractivity contribution in [2.45, 2.75) is 70.1 Å². The van der Waals surface area contributed by atoms with Crippen LogP contribution >= 0.6 is 0 Å². The van der Waals surface area contributed by atoms with Crippen LogP contribution < -0.4 is 5.32 Å². The van der Waals surface area contributed by atoms with E-state index in [1.807, 2.05) is 6.92 Å². The zero-order valence-corrected chi connectivity index (χ0v) is 13.0. The summed E-state index contributed by atoms with van der Waals surface area (Å²) in [6.07, 6.45) is -1.86. The molecule has 0 unspecified atom stereocenters. The molecular weight excluding hydrogens is 278 g/mol. The van der Waals surface area contributed by atoms with Crippen LogP contribution in [0.25, 0.3) is 0 Å². The monoisotopic (exact) mass is 303 g/mol. The van der Waals surface area contributed by atoms with E-state index >= 15 is 0 Å². The van der Waals surface area contributed by atoms with E-state index in [0.29, 0.717) is 13.0 Å². The number of methoxy groups -OCH3 is 1. The van der Waals surface area contributed by atoms with E-state index in [1.54, 1.807) is 13.8 Å². The number of fused-ring (bicyclic) bond motifs is 1. The van der Waals surface area contributed by atoms with Crippen molar-refractivity contribution in [2.24, 2.45) is 0 Å². The molecule has 2 N–H and O–H groups in total. The molecule has 0 aromatic rings. The Balaban J connectivity index is 2.03. The number of carbonyl (C=O) groups excluding carboxylic acids is 1. The van der Waals surface area contributed by atoms with Gasteiger partial charge in [0.25, 0.3) is 0 Å². The maximum atomic E-state index is 11.6. The SMILES string of the molecule is CCCC(=O)NC[C@H]1O[C@H](OC)[C@H](O)[C@H]2OC(C)(C)O[C@H]21. The van der Waals surface area contributed by atoms with Crippen LogP contribution in [0.4, 0.5) is 0 Å². The van der Waals surface area contributed by atoms with Gasteiger partial charge >= 0.3 is 0 Å². The van der Waals surface area contributed by atoms with Crippen molar-refractivity contribution >= 4 is 5.91 Å². The van der Waals surface area contributed by atoms with Crippen LogP contribution in [0.5, 0.6) is 0 Å². The van der Waals surface area contributed by atoms with Crippen LogP contribution in [0.2, 0.25) is 0 Å². The molecule has 7 heteroatoms. The second-order valence-corrected chi connectivity index (χ2v) is 5.89. The first kappa shape index (κ1) is 16.6. The molecule has 0 aromatic carbocycles. The molecule has 2 aliphatic rings. The lowest BCUT2D eigenvalue weighted by molar-refractivity contribution is -0.267. The van der Waals surface area contributed by atoms with Gasteiger partial charge in [-0.25, -0.2) is 0 Å². The van der Waals surface area contributed by atoms with Crippen LogP contribution in [0.1, 0.15) is 33.6 Å². The average molecular weight is 303 g/mol. The second kappa shape index (κ2) is 6.58. The molecular formula is C14H25NO6. The molecule has 2 rings (SSSR count). The maximum absolute atomic E-state index is 11.6. The molecule has 0 spiro atoms. The van der Waals surface area contributed by atoms with Crippen molar-refractivity contribution in [3.63, 3.8) is 0 Å². The number of amides is 1. The van der Waals surface area contributed by atoms with Gasteiger partial charge in [-0.1, -0.05) is 6.92 Å². The Hall–Kier alpha value is -0.730. The number of nitrogens with one attached hydrogen (secondary N) is 1. The number of rotatable bonds is 5. The second-order valence-electron chi connectivity index (χ2n) is 5.89. The molecule has 1 amide bonds. The number of ether oxygens (including phenoxy) is 4. The van der Waals surface area contributed by atoms with Crippen molar-refractivity contribution in [1.29, 1.82) is 0 Å². The predicted octanol–water partition coefficient (Wildman–Crippen LogP) is 0.155. The lowest BCUT2D eigenvalue weighted by Gasteiger charge is -2.39. The summed E-state index contributed by atoms with van der Waals surface area (Å²) in [7, 11) is 1.46. The third-order valence-corrected chi connectivity index (χ3v) is 3.66. The highest BCUT2D eigenvalue weighted by molar-refractivity contribution is 5.75. The fourth-order valence-corrected chi connectivity index (χ4v) is 2.74. The summed E-state index contributed by atoms with van der Waals surface area (Å²) in [6, 6.07) is 0. The Morgan fingerprint density at radius 2 is 2.00 bits per heavy atom. The first-order valence-corrected chi connectivity index (χ1v) is 7.36. The van der Waals surface area contributed by atoms with E-state index in [9.17, 15) is 9.90 Å². The van der Waals surface area contributed by atoms with Crippen molar-refractivity contribution in [1.82, 2.24) is 5.32 Å². The van der Waals surface area contributed by atoms with Crippen LogP contribution in [0, 0.1) is 0 Å². The highest BCUT2D eigenvalue weighted by Crippen LogP contribution is 2.37. The zero-order valence-electron chi connectivity index (χ0n) is 13.0. The van der Waals surface area contributed by atoms with E-state index in [1.165, 1.54) is 7.11 Å². The molecule has 122 valence electrons. The quantitative estimate of drug-likeness (QED) is 0.752. The minimum absolute atomic E-state index is 0.0316. The Kier molecular flexibility index (Phi) is 5.21. The van der Waals surface area contributed by atoms with E-state index in [0.717, 1.165) is 6.42 Å². The third kappa shape index (κ3) is 3.73. The first-order chi connectivity index (χ1) is 9.88. The Labute approximate surface area is 124 Å². The molecule has 2 heterocycles. The van der Waals surface area contributed by atoms with Gasteiger partial charge in [0, 0.05) is 20.1 Å². The molecule has 5 atom stereocenters. The smallest absolute Gasteiger partial charge is 0.220 e. The minimum Gasteiger partial charge on any atom is -0.385 e. The van der Waals surface area contributed by atoms with E-state index in [-0.39, 0.29) is 5.91 Å². The molecule has 2 fully saturated rings. The Morgan fingerprint density at radius 3 is 2.62 bits per heavy atom. The van der Waals surface area contributed by atoms with E-state index in [2.05, 4.69) is 5.32 Å². The highest BCUT2D eigenvalue weighted by Gasteiger charge is 2.54. The van der Waals surface area contributed by atoms with Gasteiger partial charge in [-0.15, -0.1) is 0 Å². The average Bonchev–Trinajstić information content (AvgIpc) is 2.74. The van der Waals surface area contributed by atoms with Crippen molar-refractivity contribution < 1.29 is 28.8 Å². The number of hydrogen-bond acceptors (Lipinski definition) is 6. The van der Waals surface area contributed by atoms with Crippen LogP contribution in [0.3, 0.4) is 0 Å². The number of aliphatic hydroxyl groups excluding tert-OH is 1. The highest BCUT2D eigenvalue weighted by atomic mass is 16.8. The summed E-state index contributed by atoms with van der Waals surface area (Å²) in [4.78, 5) is 11.6. The normalized spacial score (nSPS) is 38.0. The van der Waals surface area contributed by atoms with Gasteiger partial charge in [0.15, 0.2) is 12.1 Å². The molecule has 0 radical (unpaired) electrons. The largest absolute Gasteiger partial charge is 0.385 e. The lowest BCUT2D eigenvalue weighted by atomic mass is 9.99. The van der Waals surface area contributed by atoms with Gasteiger partial charge in [0.05, 0.1) is 0 Å². The standard InChI is InChI=1S/C14H25NO6/c1-5-6-9(16)15-7-8-11-12(21-14(2,3)20-11)10(17)13(18-4)19-8/h8,10-13,17H,5-7H2,1-4H3,(H,15,16)/t8-,10-,11+,12-,13+/m1/s1. The molecule has 0 aliphatic carbocycles. The number of hydrogen-bond donors (Lipinski definition) is 2. The van der Waals surface area contributed by atoms with Gasteiger partial charge in [-0.05, 0) is 20.3 Å². The maximum Gasteiger partial charge on any atom is 0.220 e. The fraction of sp³-hybridized carbons (Fsp3) is 0.929. The molecule has 0 aromatic heterocycles. The fourth-order valence-electron chi connectivity index (χ4n) is 2.74. The Bertz CT molecular complexity index is 374. The van der Waals surface area contributed by atoms with Gasteiger partial charge < -0.3 is 29.4 Å². The molecule has 2 saturated heterocycles. The number of carbonyl (C=O) groups is 1. The van der Waals surface area contributed by atoms with Crippen molar-refractivity contribution in [2.75, 3.05) is 13.7 Å². The summed E-state index contributed by atoms with van der Waals surface area (Å²) in [5.41, 5.74) is 0. The third-order valence-electron chi connectivity index (χ3n) is 3.66. The predicted molar refractivity (Wildman–Crippen MR) is 73.4 cm³/mol. The molecule has 0 saturated carbocycles. The van der Waals surface area contributed by atoms with E-state index in [4.69, 9.17) is 18.9 Å². The number of aliphatic hydroxyl groups is 1. The van der Waals surface area contributed by atoms with Crippen LogP contribution in [0.15, 0.2) is 0 Å². The van der Waals surface area contributed by atoms with Crippen molar-refractivity contribution in [3.8, 4) is 0 Å². The van der Waals surface area contributed by atoms with Gasteiger partial charge in [-0.2, -0.15) is 0 Å². The zero-order chi connectivity index (χ0) is 15.6. The van der Waals surface area contributed by atoms with Crippen LogP contribution in [-0.2, 0) is 23.7 Å². The van der Waals surface area contributed by atoms with E-state index < -0.39 is 36.5 Å². The first-order valence-electron chi connectivity index (χ1n) is 7.36. The van der Waals surface area contributed by atoms with Gasteiger partial charge in [0.1, 0.15) is 24.4 Å². The van der Waals surface area contributed by atoms with Crippen LogP contribution in [-0.4, -0.2) is 61.2 Å². The van der Waals surface area contributed by atoms with Crippen molar-refractivity contribution in [3.05, 3.63) is 0 Å². The lowest BCUT2D eigenvalue weighted by Crippen LogP contribution is -2.59. The topological polar surface area (TPSA) is 86.3 Å². The molecule has 0 bridgehead atoms. The summed E-state index contributed by atoms with van der Waals surface area (Å²) < 4.78 is 22.4. The van der Waals surface area contributed by atoms with Gasteiger partial charge in [-0.3, -0.25) is 4.79 Å². The molecule has 2 aliphatic heterocycles. The minimum atomic E-state index is -0.927. The summed E-state index contributed by atoms with van der Waals surface area (Å²) in [5, 5.41) is 13.0. The summed E-state index contributed by atoms with van der Waals surface area (Å²) in [5.74, 6) is -0.829.